The number of thioether (sulfide) groups is 1. The van der Waals surface area contributed by atoms with Gasteiger partial charge in [0.15, 0.2) is 0 Å². The summed E-state index contributed by atoms with van der Waals surface area (Å²) in [6, 6.07) is 45.7. The van der Waals surface area contributed by atoms with Crippen molar-refractivity contribution in [1.29, 1.82) is 0 Å². The molecule has 3 nitrogen and oxygen atoms in total. The smallest absolute Gasteiger partial charge is 0.0970 e. The molecule has 1 aliphatic rings. The van der Waals surface area contributed by atoms with Crippen molar-refractivity contribution in [2.24, 2.45) is 0 Å². The highest BCUT2D eigenvalue weighted by Crippen LogP contribution is 2.44. The first kappa shape index (κ1) is 30.5. The Morgan fingerprint density at radius 3 is 2.15 bits per heavy atom. The Bertz CT molecular complexity index is 2980. The van der Waals surface area contributed by atoms with Gasteiger partial charge in [-0.25, -0.2) is 4.98 Å². The van der Waals surface area contributed by atoms with Crippen LogP contribution in [0.3, 0.4) is 0 Å². The quantitative estimate of drug-likeness (QED) is 0.174. The molecule has 0 radical (unpaired) electrons. The van der Waals surface area contributed by atoms with Gasteiger partial charge in [0, 0.05) is 54.7 Å². The van der Waals surface area contributed by atoms with Gasteiger partial charge < -0.3 is 0 Å². The number of rotatable bonds is 3. The van der Waals surface area contributed by atoms with Crippen molar-refractivity contribution in [3.05, 3.63) is 181 Å². The van der Waals surface area contributed by atoms with Crippen LogP contribution in [0.5, 0.6) is 0 Å². The maximum atomic E-state index is 5.27. The molecule has 4 heterocycles. The third-order valence-corrected chi connectivity index (χ3v) is 11.2. The molecule has 4 heteroatoms. The van der Waals surface area contributed by atoms with Gasteiger partial charge in [-0.05, 0) is 69.3 Å². The van der Waals surface area contributed by atoms with Crippen LogP contribution in [0.25, 0.3) is 87.8 Å². The molecule has 0 amide bonds. The van der Waals surface area contributed by atoms with E-state index in [-0.39, 0.29) is 0 Å². The lowest BCUT2D eigenvalue weighted by Crippen LogP contribution is -1.95. The van der Waals surface area contributed by atoms with Gasteiger partial charge in [-0.3, -0.25) is 9.97 Å². The summed E-state index contributed by atoms with van der Waals surface area (Å²) >= 11 is 1.75. The third kappa shape index (κ3) is 5.03. The van der Waals surface area contributed by atoms with Crippen molar-refractivity contribution in [2.45, 2.75) is 11.3 Å². The van der Waals surface area contributed by atoms with Crippen LogP contribution in [0.1, 0.15) is 5.56 Å². The van der Waals surface area contributed by atoms with E-state index in [4.69, 9.17) is 9.97 Å². The first-order valence-electron chi connectivity index (χ1n) is 17.5. The van der Waals surface area contributed by atoms with E-state index >= 15 is 0 Å². The van der Waals surface area contributed by atoms with Gasteiger partial charge in [-0.1, -0.05) is 146 Å². The second kappa shape index (κ2) is 12.4. The van der Waals surface area contributed by atoms with Gasteiger partial charge in [0.1, 0.15) is 0 Å². The Morgan fingerprint density at radius 2 is 1.27 bits per heavy atom. The van der Waals surface area contributed by atoms with Crippen molar-refractivity contribution >= 4 is 66.0 Å². The van der Waals surface area contributed by atoms with Crippen LogP contribution in [0.15, 0.2) is 180 Å². The number of para-hydroxylation sites is 1. The standard InChI is InChI=1S/C48H31N3S/c1-30-10-3-2-4-11-34-22-24-42-44(48(34)52-30)41-15-7-8-16-43(41)51-45(42)33-19-17-31(18-20-33)35-25-26-38(37-14-6-5-13-36(35)37)39-27-29-50-47-40(39)23-21-32-12-9-28-49-46(32)47/h2-10,12-29H,1,11H2/b4-2-,10-3-. The van der Waals surface area contributed by atoms with Gasteiger partial charge in [-0.15, -0.1) is 0 Å². The number of allylic oxidation sites excluding steroid dienone is 4. The largest absolute Gasteiger partial charge is 0.254 e. The molecule has 244 valence electrons. The molecule has 1 aliphatic heterocycles. The monoisotopic (exact) mass is 681 g/mol. The fourth-order valence-corrected chi connectivity index (χ4v) is 8.75. The van der Waals surface area contributed by atoms with Crippen molar-refractivity contribution in [3.8, 4) is 33.5 Å². The fourth-order valence-electron chi connectivity index (χ4n) is 7.73. The molecule has 0 atom stereocenters. The van der Waals surface area contributed by atoms with Gasteiger partial charge in [0.2, 0.25) is 0 Å². The molecule has 0 fully saturated rings. The van der Waals surface area contributed by atoms with E-state index in [1.807, 2.05) is 18.5 Å². The molecule has 0 unspecified atom stereocenters. The third-order valence-electron chi connectivity index (χ3n) is 10.2. The molecule has 0 spiro atoms. The van der Waals surface area contributed by atoms with E-state index in [0.29, 0.717) is 0 Å². The number of aromatic nitrogens is 3. The molecule has 3 aromatic heterocycles. The fraction of sp³-hybridized carbons (Fsp3) is 0.0208. The summed E-state index contributed by atoms with van der Waals surface area (Å²) in [5.41, 5.74) is 10.9. The number of hydrogen-bond acceptors (Lipinski definition) is 4. The zero-order valence-electron chi connectivity index (χ0n) is 28.3. The Hall–Kier alpha value is -6.36. The van der Waals surface area contributed by atoms with Crippen LogP contribution < -0.4 is 0 Å². The van der Waals surface area contributed by atoms with Gasteiger partial charge in [0.05, 0.1) is 22.2 Å². The van der Waals surface area contributed by atoms with Crippen LogP contribution in [0.4, 0.5) is 0 Å². The second-order valence-corrected chi connectivity index (χ2v) is 14.3. The molecular weight excluding hydrogens is 651 g/mol. The van der Waals surface area contributed by atoms with Crippen LogP contribution in [-0.2, 0) is 6.42 Å². The van der Waals surface area contributed by atoms with Crippen molar-refractivity contribution < 1.29 is 0 Å². The predicted molar refractivity (Wildman–Crippen MR) is 221 cm³/mol. The summed E-state index contributed by atoms with van der Waals surface area (Å²) in [4.78, 5) is 17.0. The van der Waals surface area contributed by atoms with E-state index < -0.39 is 0 Å². The normalized spacial score (nSPS) is 14.3. The maximum absolute atomic E-state index is 5.27. The van der Waals surface area contributed by atoms with E-state index in [1.54, 1.807) is 11.8 Å². The summed E-state index contributed by atoms with van der Waals surface area (Å²) in [6.45, 7) is 4.35. The van der Waals surface area contributed by atoms with Crippen molar-refractivity contribution in [1.82, 2.24) is 15.0 Å². The lowest BCUT2D eigenvalue weighted by Gasteiger charge is -2.17. The minimum Gasteiger partial charge on any atom is -0.254 e. The topological polar surface area (TPSA) is 38.7 Å². The minimum atomic E-state index is 0.870. The average molecular weight is 682 g/mol. The van der Waals surface area contributed by atoms with E-state index in [1.165, 1.54) is 43.1 Å². The SMILES string of the molecule is C=C1/C=C\C=C/Cc2ccc3c(-c4ccc(-c5ccc(-c6ccnc7c6ccc6cccnc67)c6ccccc56)cc4)nc4ccccc4c3c2S1. The van der Waals surface area contributed by atoms with Gasteiger partial charge in [0.25, 0.3) is 0 Å². The first-order chi connectivity index (χ1) is 25.7. The Balaban J connectivity index is 1.10. The summed E-state index contributed by atoms with van der Waals surface area (Å²) in [7, 11) is 0. The Kier molecular flexibility index (Phi) is 7.29. The lowest BCUT2D eigenvalue weighted by molar-refractivity contribution is 1.21. The molecule has 0 N–H and O–H groups in total. The summed E-state index contributed by atoms with van der Waals surface area (Å²) in [6.07, 6.45) is 13.1. The number of nitrogens with zero attached hydrogens (tertiary/aromatic N) is 3. The van der Waals surface area contributed by atoms with Crippen LogP contribution in [-0.4, -0.2) is 15.0 Å². The average Bonchev–Trinajstić information content (AvgIpc) is 3.29. The van der Waals surface area contributed by atoms with Crippen LogP contribution in [0.2, 0.25) is 0 Å². The lowest BCUT2D eigenvalue weighted by atomic mass is 9.90. The van der Waals surface area contributed by atoms with Crippen LogP contribution >= 0.6 is 11.8 Å². The molecule has 6 aromatic carbocycles. The van der Waals surface area contributed by atoms with E-state index in [9.17, 15) is 0 Å². The van der Waals surface area contributed by atoms with Crippen molar-refractivity contribution in [2.75, 3.05) is 0 Å². The van der Waals surface area contributed by atoms with Gasteiger partial charge in [-0.2, -0.15) is 0 Å². The second-order valence-electron chi connectivity index (χ2n) is 13.2. The Labute approximate surface area is 305 Å². The highest BCUT2D eigenvalue weighted by Gasteiger charge is 2.18. The molecule has 0 saturated heterocycles. The highest BCUT2D eigenvalue weighted by molar-refractivity contribution is 8.03. The van der Waals surface area contributed by atoms with E-state index in [2.05, 4.69) is 157 Å². The molecule has 10 rings (SSSR count). The maximum Gasteiger partial charge on any atom is 0.0970 e. The minimum absolute atomic E-state index is 0.870. The molecular formula is C48H31N3S. The number of benzene rings is 6. The molecule has 9 aromatic rings. The number of pyridine rings is 3. The summed E-state index contributed by atoms with van der Waals surface area (Å²) in [5.74, 6) is 0. The van der Waals surface area contributed by atoms with Gasteiger partial charge >= 0.3 is 0 Å². The summed E-state index contributed by atoms with van der Waals surface area (Å²) in [5, 5.41) is 8.17. The molecule has 52 heavy (non-hydrogen) atoms. The summed E-state index contributed by atoms with van der Waals surface area (Å²) < 4.78 is 0. The first-order valence-corrected chi connectivity index (χ1v) is 18.3. The van der Waals surface area contributed by atoms with Crippen LogP contribution in [0, 0.1) is 0 Å². The van der Waals surface area contributed by atoms with E-state index in [0.717, 1.165) is 66.4 Å². The highest BCUT2D eigenvalue weighted by atomic mass is 32.2. The number of hydrogen-bond donors (Lipinski definition) is 0. The predicted octanol–water partition coefficient (Wildman–Crippen LogP) is 12.9. The molecule has 0 aliphatic carbocycles. The zero-order valence-corrected chi connectivity index (χ0v) is 29.1. The Morgan fingerprint density at radius 1 is 0.538 bits per heavy atom. The zero-order chi connectivity index (χ0) is 34.6. The molecule has 0 bridgehead atoms. The number of fused-ring (bicyclic) bond motifs is 9. The van der Waals surface area contributed by atoms with Crippen molar-refractivity contribution in [3.63, 3.8) is 0 Å². The molecule has 0 saturated carbocycles.